The second-order valence-corrected chi connectivity index (χ2v) is 11.1. The Kier molecular flexibility index (Phi) is 7.71. The van der Waals surface area contributed by atoms with Gasteiger partial charge in [-0.1, -0.05) is 35.0 Å². The molecule has 186 valence electrons. The zero-order chi connectivity index (χ0) is 24.3. The van der Waals surface area contributed by atoms with Gasteiger partial charge in [-0.3, -0.25) is 9.69 Å². The van der Waals surface area contributed by atoms with Crippen LogP contribution in [0.2, 0.25) is 0 Å². The highest BCUT2D eigenvalue weighted by molar-refractivity contribution is 7.89. The largest absolute Gasteiger partial charge is 0.379 e. The molecule has 1 aromatic carbocycles. The van der Waals surface area contributed by atoms with Gasteiger partial charge in [0.25, 0.3) is 0 Å². The monoisotopic (exact) mass is 490 g/mol. The molecular weight excluding hydrogens is 456 g/mol. The molecule has 2 fully saturated rings. The molecule has 0 radical (unpaired) electrons. The highest BCUT2D eigenvalue weighted by Crippen LogP contribution is 2.28. The third-order valence-electron chi connectivity index (χ3n) is 6.73. The number of aryl methyl sites for hydroxylation is 3. The van der Waals surface area contributed by atoms with Crippen LogP contribution in [0.25, 0.3) is 0 Å². The molecule has 1 aromatic heterocycles. The van der Waals surface area contributed by atoms with E-state index in [1.807, 2.05) is 6.92 Å². The number of nitrogens with one attached hydrogen (secondary N) is 1. The van der Waals surface area contributed by atoms with Crippen molar-refractivity contribution in [3.8, 4) is 0 Å². The summed E-state index contributed by atoms with van der Waals surface area (Å²) in [5, 5.41) is 7.03. The van der Waals surface area contributed by atoms with Gasteiger partial charge in [0.15, 0.2) is 5.76 Å². The van der Waals surface area contributed by atoms with Crippen LogP contribution in [0.1, 0.15) is 41.5 Å². The smallest absolute Gasteiger partial charge is 0.248 e. The van der Waals surface area contributed by atoms with Gasteiger partial charge in [0.05, 0.1) is 19.3 Å². The van der Waals surface area contributed by atoms with Gasteiger partial charge >= 0.3 is 0 Å². The molecule has 0 saturated carbocycles. The van der Waals surface area contributed by atoms with E-state index in [0.717, 1.165) is 25.2 Å². The van der Waals surface area contributed by atoms with Gasteiger partial charge in [-0.2, -0.15) is 4.31 Å². The second kappa shape index (κ2) is 10.6. The first-order chi connectivity index (χ1) is 16.3. The summed E-state index contributed by atoms with van der Waals surface area (Å²) in [7, 11) is -3.69. The fourth-order valence-corrected chi connectivity index (χ4v) is 6.46. The second-order valence-electron chi connectivity index (χ2n) is 9.22. The minimum atomic E-state index is -3.69. The molecule has 0 spiro atoms. The van der Waals surface area contributed by atoms with E-state index in [4.69, 9.17) is 9.26 Å². The van der Waals surface area contributed by atoms with E-state index in [9.17, 15) is 13.2 Å². The van der Waals surface area contributed by atoms with E-state index < -0.39 is 10.0 Å². The summed E-state index contributed by atoms with van der Waals surface area (Å²) >= 11 is 0. The number of amides is 1. The number of hydrogen-bond donors (Lipinski definition) is 1. The van der Waals surface area contributed by atoms with Crippen LogP contribution in [-0.2, 0) is 19.6 Å². The van der Waals surface area contributed by atoms with Crippen LogP contribution < -0.4 is 5.32 Å². The summed E-state index contributed by atoms with van der Waals surface area (Å²) in [5.74, 6) is 0.0448. The first kappa shape index (κ1) is 24.8. The van der Waals surface area contributed by atoms with Crippen molar-refractivity contribution in [3.63, 3.8) is 0 Å². The van der Waals surface area contributed by atoms with E-state index in [2.05, 4.69) is 39.6 Å². The number of ether oxygens (including phenoxy) is 1. The molecule has 1 atom stereocenters. The number of morpholine rings is 1. The van der Waals surface area contributed by atoms with Crippen molar-refractivity contribution in [3.05, 3.63) is 46.8 Å². The topological polar surface area (TPSA) is 105 Å². The highest BCUT2D eigenvalue weighted by atomic mass is 32.2. The summed E-state index contributed by atoms with van der Waals surface area (Å²) in [6.45, 7) is 9.68. The van der Waals surface area contributed by atoms with E-state index in [-0.39, 0.29) is 22.8 Å². The molecule has 1 N–H and O–H groups in total. The molecule has 9 nitrogen and oxygen atoms in total. The van der Waals surface area contributed by atoms with Crippen molar-refractivity contribution in [2.45, 2.75) is 44.6 Å². The lowest BCUT2D eigenvalue weighted by Gasteiger charge is -2.34. The summed E-state index contributed by atoms with van der Waals surface area (Å²) in [5.41, 5.74) is 2.61. The Labute approximate surface area is 201 Å². The molecule has 2 aliphatic heterocycles. The summed E-state index contributed by atoms with van der Waals surface area (Å²) in [6, 6.07) is 8.13. The van der Waals surface area contributed by atoms with Gasteiger partial charge in [-0.05, 0) is 39.2 Å². The van der Waals surface area contributed by atoms with Crippen LogP contribution in [0, 0.1) is 26.7 Å². The van der Waals surface area contributed by atoms with E-state index >= 15 is 0 Å². The lowest BCUT2D eigenvalue weighted by molar-refractivity contribution is -0.127. The minimum absolute atomic E-state index is 0.0202. The van der Waals surface area contributed by atoms with E-state index in [1.54, 1.807) is 13.8 Å². The lowest BCUT2D eigenvalue weighted by Crippen LogP contribution is -2.46. The van der Waals surface area contributed by atoms with Crippen LogP contribution in [0.15, 0.2) is 33.7 Å². The van der Waals surface area contributed by atoms with Crippen LogP contribution >= 0.6 is 0 Å². The predicted octanol–water partition coefficient (Wildman–Crippen LogP) is 2.19. The van der Waals surface area contributed by atoms with E-state index in [0.29, 0.717) is 50.6 Å². The molecule has 0 bridgehead atoms. The van der Waals surface area contributed by atoms with Crippen molar-refractivity contribution in [2.75, 3.05) is 45.9 Å². The zero-order valence-corrected chi connectivity index (χ0v) is 20.9. The normalized spacial score (nSPS) is 19.7. The molecule has 4 rings (SSSR count). The van der Waals surface area contributed by atoms with Gasteiger partial charge < -0.3 is 14.6 Å². The molecule has 1 unspecified atom stereocenters. The number of sulfonamides is 1. The summed E-state index contributed by atoms with van der Waals surface area (Å²) < 4.78 is 38.1. The van der Waals surface area contributed by atoms with Crippen molar-refractivity contribution in [1.29, 1.82) is 0 Å². The zero-order valence-electron chi connectivity index (χ0n) is 20.1. The van der Waals surface area contributed by atoms with Crippen molar-refractivity contribution in [2.24, 2.45) is 5.92 Å². The van der Waals surface area contributed by atoms with Crippen LogP contribution in [0.3, 0.4) is 0 Å². The van der Waals surface area contributed by atoms with Crippen molar-refractivity contribution >= 4 is 15.9 Å². The number of carbonyl (C=O) groups is 1. The number of nitrogens with zero attached hydrogens (tertiary/aromatic N) is 3. The Balaban J connectivity index is 1.41. The van der Waals surface area contributed by atoms with Gasteiger partial charge in [0, 0.05) is 38.6 Å². The Hall–Kier alpha value is -2.27. The fourth-order valence-electron chi connectivity index (χ4n) is 4.69. The Morgan fingerprint density at radius 1 is 1.09 bits per heavy atom. The number of carbonyl (C=O) groups excluding carboxylic acids is 1. The lowest BCUT2D eigenvalue weighted by atomic mass is 9.96. The fraction of sp³-hybridized carbons (Fsp3) is 0.583. The maximum absolute atomic E-state index is 13.2. The van der Waals surface area contributed by atoms with Gasteiger partial charge in [-0.15, -0.1) is 0 Å². The quantitative estimate of drug-likeness (QED) is 0.634. The number of rotatable bonds is 7. The first-order valence-corrected chi connectivity index (χ1v) is 13.3. The molecule has 2 aromatic rings. The maximum Gasteiger partial charge on any atom is 0.248 e. The molecule has 1 amide bonds. The number of hydrogen-bond acceptors (Lipinski definition) is 7. The van der Waals surface area contributed by atoms with Gasteiger partial charge in [-0.25, -0.2) is 8.42 Å². The minimum Gasteiger partial charge on any atom is -0.379 e. The molecule has 3 heterocycles. The molecule has 2 aliphatic rings. The summed E-state index contributed by atoms with van der Waals surface area (Å²) in [6.07, 6.45) is 0.958. The molecule has 10 heteroatoms. The SMILES string of the molecule is Cc1ccc(C(CN2CCOCC2)NC(=O)C2CCN(S(=O)(=O)c3c(C)noc3C)CC2)cc1. The molecular formula is C24H34N4O5S. The highest BCUT2D eigenvalue weighted by Gasteiger charge is 2.36. The molecule has 2 saturated heterocycles. The molecule has 34 heavy (non-hydrogen) atoms. The number of aromatic nitrogens is 1. The van der Waals surface area contributed by atoms with Crippen LogP contribution in [0.5, 0.6) is 0 Å². The maximum atomic E-state index is 13.2. The first-order valence-electron chi connectivity index (χ1n) is 11.9. The predicted molar refractivity (Wildman–Crippen MR) is 127 cm³/mol. The Bertz CT molecular complexity index is 1070. The molecule has 0 aliphatic carbocycles. The average Bonchev–Trinajstić information content (AvgIpc) is 3.18. The van der Waals surface area contributed by atoms with Crippen molar-refractivity contribution in [1.82, 2.24) is 19.7 Å². The Morgan fingerprint density at radius 3 is 2.32 bits per heavy atom. The van der Waals surface area contributed by atoms with E-state index in [1.165, 1.54) is 9.87 Å². The van der Waals surface area contributed by atoms with Gasteiger partial charge in [0.1, 0.15) is 10.6 Å². The van der Waals surface area contributed by atoms with Crippen LogP contribution in [0.4, 0.5) is 0 Å². The summed E-state index contributed by atoms with van der Waals surface area (Å²) in [4.78, 5) is 15.7. The third-order valence-corrected chi connectivity index (χ3v) is 8.87. The van der Waals surface area contributed by atoms with Crippen molar-refractivity contribution < 1.29 is 22.5 Å². The number of piperidine rings is 1. The number of benzene rings is 1. The standard InChI is InChI=1S/C24H34N4O5S/c1-17-4-6-20(7-5-17)22(16-27-12-14-32-15-13-27)25-24(29)21-8-10-28(11-9-21)34(30,31)23-18(2)26-33-19(23)3/h4-7,21-22H,8-16H2,1-3H3,(H,25,29). The van der Waals surface area contributed by atoms with Gasteiger partial charge in [0.2, 0.25) is 15.9 Å². The Morgan fingerprint density at radius 2 is 1.74 bits per heavy atom. The third kappa shape index (κ3) is 5.51. The average molecular weight is 491 g/mol. The van der Waals surface area contributed by atoms with Crippen LogP contribution in [-0.4, -0.2) is 74.6 Å².